The Kier molecular flexibility index (Phi) is 4.22. The summed E-state index contributed by atoms with van der Waals surface area (Å²) in [5.41, 5.74) is 8.20. The standard InChI is InChI=1S/C14H22N2O2/c1-10-8-11(4-5-12(10)17-3)14-13(9-15)18-7-6-16(14)2/h4-5,8,13-14H,6-7,9,15H2,1-3H3. The van der Waals surface area contributed by atoms with E-state index in [4.69, 9.17) is 15.2 Å². The highest BCUT2D eigenvalue weighted by Gasteiger charge is 2.30. The summed E-state index contributed by atoms with van der Waals surface area (Å²) in [6.07, 6.45) is 0.0662. The molecule has 4 nitrogen and oxygen atoms in total. The van der Waals surface area contributed by atoms with Crippen LogP contribution in [0.4, 0.5) is 0 Å². The van der Waals surface area contributed by atoms with E-state index in [9.17, 15) is 0 Å². The van der Waals surface area contributed by atoms with E-state index in [0.717, 1.165) is 24.5 Å². The fourth-order valence-electron chi connectivity index (χ4n) is 2.61. The summed E-state index contributed by atoms with van der Waals surface area (Å²) in [6, 6.07) is 6.51. The lowest BCUT2D eigenvalue weighted by molar-refractivity contribution is -0.0576. The Hall–Kier alpha value is -1.10. The van der Waals surface area contributed by atoms with Gasteiger partial charge in [-0.05, 0) is 31.2 Å². The Bertz CT molecular complexity index is 409. The van der Waals surface area contributed by atoms with Crippen LogP contribution in [0.1, 0.15) is 17.2 Å². The first-order valence-corrected chi connectivity index (χ1v) is 6.33. The Morgan fingerprint density at radius 3 is 2.89 bits per heavy atom. The summed E-state index contributed by atoms with van der Waals surface area (Å²) in [4.78, 5) is 2.31. The Balaban J connectivity index is 2.30. The van der Waals surface area contributed by atoms with E-state index in [1.165, 1.54) is 5.56 Å². The molecule has 0 aromatic heterocycles. The molecule has 0 saturated carbocycles. The average Bonchev–Trinajstić information content (AvgIpc) is 2.38. The first-order valence-electron chi connectivity index (χ1n) is 6.33. The molecule has 1 heterocycles. The van der Waals surface area contributed by atoms with Crippen LogP contribution < -0.4 is 10.5 Å². The number of hydrogen-bond acceptors (Lipinski definition) is 4. The first-order chi connectivity index (χ1) is 8.67. The van der Waals surface area contributed by atoms with Crippen molar-refractivity contribution in [2.75, 3.05) is 33.9 Å². The van der Waals surface area contributed by atoms with Gasteiger partial charge in [0.25, 0.3) is 0 Å². The van der Waals surface area contributed by atoms with E-state index in [-0.39, 0.29) is 12.1 Å². The number of aryl methyl sites for hydroxylation is 1. The third kappa shape index (κ3) is 2.51. The highest BCUT2D eigenvalue weighted by atomic mass is 16.5. The molecule has 0 radical (unpaired) electrons. The maximum Gasteiger partial charge on any atom is 0.121 e. The number of benzene rings is 1. The number of nitrogens with zero attached hydrogens (tertiary/aromatic N) is 1. The number of nitrogens with two attached hydrogens (primary N) is 1. The van der Waals surface area contributed by atoms with E-state index in [1.807, 2.05) is 6.07 Å². The van der Waals surface area contributed by atoms with E-state index in [1.54, 1.807) is 7.11 Å². The van der Waals surface area contributed by atoms with E-state index < -0.39 is 0 Å². The van der Waals surface area contributed by atoms with E-state index >= 15 is 0 Å². The van der Waals surface area contributed by atoms with Crippen molar-refractivity contribution in [3.63, 3.8) is 0 Å². The molecule has 1 aromatic rings. The van der Waals surface area contributed by atoms with Gasteiger partial charge < -0.3 is 15.2 Å². The highest BCUT2D eigenvalue weighted by Crippen LogP contribution is 2.30. The molecular weight excluding hydrogens is 228 g/mol. The lowest BCUT2D eigenvalue weighted by Gasteiger charge is -2.39. The molecule has 1 aliphatic heterocycles. The number of rotatable bonds is 3. The minimum absolute atomic E-state index is 0.0662. The van der Waals surface area contributed by atoms with Gasteiger partial charge in [0.05, 0.1) is 25.9 Å². The van der Waals surface area contributed by atoms with Crippen molar-refractivity contribution in [1.29, 1.82) is 0 Å². The largest absolute Gasteiger partial charge is 0.496 e. The van der Waals surface area contributed by atoms with Crippen molar-refractivity contribution in [2.24, 2.45) is 5.73 Å². The second kappa shape index (κ2) is 5.69. The lowest BCUT2D eigenvalue weighted by Crippen LogP contribution is -2.46. The molecule has 1 saturated heterocycles. The lowest BCUT2D eigenvalue weighted by atomic mass is 9.96. The van der Waals surface area contributed by atoms with Gasteiger partial charge in [0.2, 0.25) is 0 Å². The molecule has 1 fully saturated rings. The zero-order valence-corrected chi connectivity index (χ0v) is 11.3. The fourth-order valence-corrected chi connectivity index (χ4v) is 2.61. The van der Waals surface area contributed by atoms with Gasteiger partial charge in [-0.2, -0.15) is 0 Å². The minimum Gasteiger partial charge on any atom is -0.496 e. The number of ether oxygens (including phenoxy) is 2. The number of hydrogen-bond donors (Lipinski definition) is 1. The van der Waals surface area contributed by atoms with Crippen LogP contribution in [0, 0.1) is 6.92 Å². The van der Waals surface area contributed by atoms with Crippen LogP contribution in [0.3, 0.4) is 0 Å². The number of likely N-dealkylation sites (N-methyl/N-ethyl adjacent to an activating group) is 1. The molecule has 2 unspecified atom stereocenters. The SMILES string of the molecule is COc1ccc(C2C(CN)OCCN2C)cc1C. The summed E-state index contributed by atoms with van der Waals surface area (Å²) in [5, 5.41) is 0. The minimum atomic E-state index is 0.0662. The molecule has 1 aliphatic rings. The third-order valence-corrected chi connectivity index (χ3v) is 3.60. The predicted octanol–water partition coefficient (Wildman–Crippen LogP) is 1.33. The van der Waals surface area contributed by atoms with Gasteiger partial charge in [0, 0.05) is 13.1 Å². The Morgan fingerprint density at radius 1 is 1.50 bits per heavy atom. The zero-order valence-electron chi connectivity index (χ0n) is 11.3. The monoisotopic (exact) mass is 250 g/mol. The van der Waals surface area contributed by atoms with Crippen molar-refractivity contribution < 1.29 is 9.47 Å². The van der Waals surface area contributed by atoms with Crippen LogP contribution in [0.25, 0.3) is 0 Å². The number of methoxy groups -OCH3 is 1. The molecule has 0 aliphatic carbocycles. The quantitative estimate of drug-likeness (QED) is 0.879. The van der Waals surface area contributed by atoms with E-state index in [2.05, 4.69) is 31.0 Å². The summed E-state index contributed by atoms with van der Waals surface area (Å²) in [7, 11) is 3.82. The van der Waals surface area contributed by atoms with Gasteiger partial charge in [-0.25, -0.2) is 0 Å². The molecule has 4 heteroatoms. The van der Waals surface area contributed by atoms with Crippen LogP contribution >= 0.6 is 0 Å². The fraction of sp³-hybridized carbons (Fsp3) is 0.571. The highest BCUT2D eigenvalue weighted by molar-refractivity contribution is 5.38. The first kappa shape index (κ1) is 13.3. The van der Waals surface area contributed by atoms with Crippen LogP contribution in [0.15, 0.2) is 18.2 Å². The molecule has 0 amide bonds. The smallest absolute Gasteiger partial charge is 0.121 e. The topological polar surface area (TPSA) is 47.7 Å². The van der Waals surface area contributed by atoms with Crippen molar-refractivity contribution >= 4 is 0 Å². The normalized spacial score (nSPS) is 25.1. The molecule has 18 heavy (non-hydrogen) atoms. The molecular formula is C14H22N2O2. The third-order valence-electron chi connectivity index (χ3n) is 3.60. The molecule has 0 bridgehead atoms. The Morgan fingerprint density at radius 2 is 2.28 bits per heavy atom. The summed E-state index contributed by atoms with van der Waals surface area (Å²) >= 11 is 0. The predicted molar refractivity (Wildman–Crippen MR) is 71.9 cm³/mol. The van der Waals surface area contributed by atoms with Crippen molar-refractivity contribution in [3.05, 3.63) is 29.3 Å². The molecule has 2 atom stereocenters. The molecule has 0 spiro atoms. The molecule has 1 aromatic carbocycles. The Labute approximate surface area is 109 Å². The van der Waals surface area contributed by atoms with Crippen LogP contribution in [0.2, 0.25) is 0 Å². The maximum absolute atomic E-state index is 5.81. The van der Waals surface area contributed by atoms with Crippen molar-refractivity contribution in [1.82, 2.24) is 4.90 Å². The van der Waals surface area contributed by atoms with Gasteiger partial charge >= 0.3 is 0 Å². The van der Waals surface area contributed by atoms with Crippen molar-refractivity contribution in [3.8, 4) is 5.75 Å². The molecule has 2 N–H and O–H groups in total. The molecule has 2 rings (SSSR count). The maximum atomic E-state index is 5.81. The van der Waals surface area contributed by atoms with Gasteiger partial charge in [-0.3, -0.25) is 4.90 Å². The summed E-state index contributed by atoms with van der Waals surface area (Å²) < 4.78 is 11.1. The second-order valence-corrected chi connectivity index (χ2v) is 4.80. The zero-order chi connectivity index (χ0) is 13.1. The average molecular weight is 250 g/mol. The van der Waals surface area contributed by atoms with Gasteiger partial charge in [0.1, 0.15) is 5.75 Å². The summed E-state index contributed by atoms with van der Waals surface area (Å²) in [5.74, 6) is 0.919. The second-order valence-electron chi connectivity index (χ2n) is 4.80. The van der Waals surface area contributed by atoms with Gasteiger partial charge in [-0.1, -0.05) is 12.1 Å². The molecule has 100 valence electrons. The van der Waals surface area contributed by atoms with Crippen molar-refractivity contribution in [2.45, 2.75) is 19.1 Å². The van der Waals surface area contributed by atoms with Crippen LogP contribution in [-0.4, -0.2) is 44.9 Å². The van der Waals surface area contributed by atoms with E-state index in [0.29, 0.717) is 6.54 Å². The van der Waals surface area contributed by atoms with Crippen LogP contribution in [-0.2, 0) is 4.74 Å². The summed E-state index contributed by atoms with van der Waals surface area (Å²) in [6.45, 7) is 4.29. The number of morpholine rings is 1. The van der Waals surface area contributed by atoms with Gasteiger partial charge in [0.15, 0.2) is 0 Å². The van der Waals surface area contributed by atoms with Gasteiger partial charge in [-0.15, -0.1) is 0 Å². The van der Waals surface area contributed by atoms with Crippen LogP contribution in [0.5, 0.6) is 5.75 Å².